The number of nitrogens with zero attached hydrogens (tertiary/aromatic N) is 1. The molecule has 0 bridgehead atoms. The van der Waals surface area contributed by atoms with Gasteiger partial charge in [0.05, 0.1) is 6.61 Å². The molecule has 2 unspecified atom stereocenters. The van der Waals surface area contributed by atoms with Gasteiger partial charge in [0.25, 0.3) is 0 Å². The van der Waals surface area contributed by atoms with Crippen molar-refractivity contribution in [2.24, 2.45) is 11.8 Å². The Morgan fingerprint density at radius 1 is 1.33 bits per heavy atom. The molecule has 2 aliphatic rings. The number of carbonyl (C=O) groups excluding carboxylic acids is 1. The van der Waals surface area contributed by atoms with Crippen LogP contribution in [0.3, 0.4) is 0 Å². The molecule has 132 valence electrons. The molecule has 2 fully saturated rings. The van der Waals surface area contributed by atoms with Crippen LogP contribution in [0, 0.1) is 11.8 Å². The maximum absolute atomic E-state index is 12.2. The molecule has 1 saturated heterocycles. The fraction of sp³-hybridized carbons (Fsp3) is 0.650. The summed E-state index contributed by atoms with van der Waals surface area (Å²) < 4.78 is 5.71. The van der Waals surface area contributed by atoms with Crippen molar-refractivity contribution in [2.75, 3.05) is 19.7 Å². The molecule has 4 heteroatoms. The molecular formula is C20H30N2O2. The van der Waals surface area contributed by atoms with Gasteiger partial charge in [-0.2, -0.15) is 0 Å². The predicted molar refractivity (Wildman–Crippen MR) is 95.9 cm³/mol. The van der Waals surface area contributed by atoms with Crippen molar-refractivity contribution < 1.29 is 9.53 Å². The molecule has 2 atom stereocenters. The first-order chi connectivity index (χ1) is 11.7. The van der Waals surface area contributed by atoms with E-state index in [-0.39, 0.29) is 0 Å². The van der Waals surface area contributed by atoms with Crippen LogP contribution >= 0.6 is 0 Å². The Labute approximate surface area is 145 Å². The zero-order valence-corrected chi connectivity index (χ0v) is 15.0. The van der Waals surface area contributed by atoms with Crippen LogP contribution in [-0.4, -0.2) is 36.5 Å². The molecule has 1 aliphatic heterocycles. The largest absolute Gasteiger partial charge is 0.494 e. The minimum absolute atomic E-state index is 0.340. The lowest BCUT2D eigenvalue weighted by atomic mass is 9.93. The lowest BCUT2D eigenvalue weighted by Gasteiger charge is -2.37. The third-order valence-corrected chi connectivity index (χ3v) is 5.08. The number of rotatable bonds is 7. The smallest absolute Gasteiger partial charge is 0.225 e. The summed E-state index contributed by atoms with van der Waals surface area (Å²) in [6.45, 7) is 7.79. The Kier molecular flexibility index (Phi) is 5.77. The van der Waals surface area contributed by atoms with Gasteiger partial charge in [-0.1, -0.05) is 26.0 Å². The van der Waals surface area contributed by atoms with Gasteiger partial charge in [0.15, 0.2) is 0 Å². The molecule has 1 heterocycles. The van der Waals surface area contributed by atoms with Gasteiger partial charge in [-0.15, -0.1) is 0 Å². The number of nitrogens with one attached hydrogen (secondary N) is 1. The number of amides is 1. The molecule has 1 aliphatic carbocycles. The Balaban J connectivity index is 1.47. The fourth-order valence-electron chi connectivity index (χ4n) is 3.45. The standard InChI is InChI=1S/C20H30N2O2/c1-3-11-24-18-6-4-5-16(12-18)13-21-19-9-10-22(14-15(19)2)20(23)17-7-8-17/h4-6,12,15,17,19,21H,3,7-11,13-14H2,1-2H3. The summed E-state index contributed by atoms with van der Waals surface area (Å²) >= 11 is 0. The van der Waals surface area contributed by atoms with Crippen molar-refractivity contribution in [1.29, 1.82) is 0 Å². The van der Waals surface area contributed by atoms with Gasteiger partial charge in [-0.25, -0.2) is 0 Å². The highest BCUT2D eigenvalue weighted by atomic mass is 16.5. The van der Waals surface area contributed by atoms with Gasteiger partial charge in [-0.3, -0.25) is 4.79 Å². The van der Waals surface area contributed by atoms with E-state index in [9.17, 15) is 4.79 Å². The Morgan fingerprint density at radius 2 is 2.17 bits per heavy atom. The van der Waals surface area contributed by atoms with Crippen LogP contribution < -0.4 is 10.1 Å². The number of carbonyl (C=O) groups is 1. The third-order valence-electron chi connectivity index (χ3n) is 5.08. The number of likely N-dealkylation sites (tertiary alicyclic amines) is 1. The topological polar surface area (TPSA) is 41.6 Å². The molecule has 1 N–H and O–H groups in total. The Morgan fingerprint density at radius 3 is 2.88 bits per heavy atom. The van der Waals surface area contributed by atoms with Crippen LogP contribution in [0.1, 0.15) is 45.1 Å². The van der Waals surface area contributed by atoms with E-state index >= 15 is 0 Å². The van der Waals surface area contributed by atoms with Crippen molar-refractivity contribution in [3.05, 3.63) is 29.8 Å². The van der Waals surface area contributed by atoms with Gasteiger partial charge in [-0.05, 0) is 49.3 Å². The van der Waals surface area contributed by atoms with Crippen molar-refractivity contribution in [3.63, 3.8) is 0 Å². The van der Waals surface area contributed by atoms with Gasteiger partial charge in [0.2, 0.25) is 5.91 Å². The van der Waals surface area contributed by atoms with Gasteiger partial charge < -0.3 is 15.0 Å². The van der Waals surface area contributed by atoms with Crippen LogP contribution in [0.25, 0.3) is 0 Å². The van der Waals surface area contributed by atoms with Crippen molar-refractivity contribution in [2.45, 2.75) is 52.1 Å². The third kappa shape index (κ3) is 4.50. The van der Waals surface area contributed by atoms with Crippen LogP contribution in [-0.2, 0) is 11.3 Å². The summed E-state index contributed by atoms with van der Waals surface area (Å²) in [5.74, 6) is 2.18. The lowest BCUT2D eigenvalue weighted by molar-refractivity contribution is -0.134. The zero-order valence-electron chi connectivity index (χ0n) is 15.0. The van der Waals surface area contributed by atoms with E-state index in [4.69, 9.17) is 4.74 Å². The molecule has 3 rings (SSSR count). The van der Waals surface area contributed by atoms with Crippen molar-refractivity contribution in [3.8, 4) is 5.75 Å². The van der Waals surface area contributed by atoms with E-state index in [1.165, 1.54) is 5.56 Å². The second-order valence-corrected chi connectivity index (χ2v) is 7.31. The molecule has 1 aromatic rings. The van der Waals surface area contributed by atoms with E-state index in [2.05, 4.69) is 42.3 Å². The average Bonchev–Trinajstić information content (AvgIpc) is 3.43. The molecular weight excluding hydrogens is 300 g/mol. The van der Waals surface area contributed by atoms with E-state index in [0.29, 0.717) is 23.8 Å². The second-order valence-electron chi connectivity index (χ2n) is 7.31. The minimum Gasteiger partial charge on any atom is -0.494 e. The molecule has 0 aromatic heterocycles. The number of hydrogen-bond donors (Lipinski definition) is 1. The monoisotopic (exact) mass is 330 g/mol. The molecule has 1 aromatic carbocycles. The molecule has 24 heavy (non-hydrogen) atoms. The molecule has 1 amide bonds. The minimum atomic E-state index is 0.340. The van der Waals surface area contributed by atoms with Crippen molar-refractivity contribution in [1.82, 2.24) is 10.2 Å². The normalized spacial score (nSPS) is 24.0. The summed E-state index contributed by atoms with van der Waals surface area (Å²) in [5.41, 5.74) is 1.26. The number of hydrogen-bond acceptors (Lipinski definition) is 3. The molecule has 0 radical (unpaired) electrons. The highest BCUT2D eigenvalue weighted by molar-refractivity contribution is 5.81. The van der Waals surface area contributed by atoms with Crippen LogP contribution in [0.4, 0.5) is 0 Å². The van der Waals surface area contributed by atoms with Gasteiger partial charge in [0.1, 0.15) is 5.75 Å². The summed E-state index contributed by atoms with van der Waals surface area (Å²) in [5, 5.41) is 3.68. The molecule has 1 saturated carbocycles. The molecule has 0 spiro atoms. The van der Waals surface area contributed by atoms with Crippen LogP contribution in [0.15, 0.2) is 24.3 Å². The SMILES string of the molecule is CCCOc1cccc(CNC2CCN(C(=O)C3CC3)CC2C)c1. The highest BCUT2D eigenvalue weighted by Gasteiger charge is 2.36. The first-order valence-electron chi connectivity index (χ1n) is 9.41. The summed E-state index contributed by atoms with van der Waals surface area (Å²) in [4.78, 5) is 14.3. The molecule has 4 nitrogen and oxygen atoms in total. The van der Waals surface area contributed by atoms with E-state index < -0.39 is 0 Å². The van der Waals surface area contributed by atoms with Gasteiger partial charge >= 0.3 is 0 Å². The lowest BCUT2D eigenvalue weighted by Crippen LogP contribution is -2.50. The number of ether oxygens (including phenoxy) is 1. The maximum Gasteiger partial charge on any atom is 0.225 e. The first kappa shape index (κ1) is 17.3. The van der Waals surface area contributed by atoms with E-state index in [0.717, 1.165) is 57.7 Å². The summed E-state index contributed by atoms with van der Waals surface area (Å²) in [7, 11) is 0. The van der Waals surface area contributed by atoms with E-state index in [1.54, 1.807) is 0 Å². The quantitative estimate of drug-likeness (QED) is 0.835. The van der Waals surface area contributed by atoms with Crippen molar-refractivity contribution >= 4 is 5.91 Å². The highest BCUT2D eigenvalue weighted by Crippen LogP contribution is 2.32. The number of benzene rings is 1. The van der Waals surface area contributed by atoms with E-state index in [1.807, 2.05) is 6.07 Å². The summed E-state index contributed by atoms with van der Waals surface area (Å²) in [6, 6.07) is 8.82. The zero-order chi connectivity index (χ0) is 16.9. The average molecular weight is 330 g/mol. The predicted octanol–water partition coefficient (Wildman–Crippen LogP) is 3.21. The second kappa shape index (κ2) is 8.02. The fourth-order valence-corrected chi connectivity index (χ4v) is 3.45. The van der Waals surface area contributed by atoms with Crippen LogP contribution in [0.5, 0.6) is 5.75 Å². The van der Waals surface area contributed by atoms with Crippen LogP contribution in [0.2, 0.25) is 0 Å². The summed E-state index contributed by atoms with van der Waals surface area (Å²) in [6.07, 6.45) is 4.27. The Hall–Kier alpha value is -1.55. The maximum atomic E-state index is 12.2. The first-order valence-corrected chi connectivity index (χ1v) is 9.41. The Bertz CT molecular complexity index is 556. The number of piperidine rings is 1. The van der Waals surface area contributed by atoms with Gasteiger partial charge in [0, 0.05) is 31.6 Å².